The number of carbonyl (C=O) groups excluding carboxylic acids is 3. The number of amides is 3. The van der Waals surface area contributed by atoms with Crippen molar-refractivity contribution in [1.29, 1.82) is 0 Å². The molecule has 1 saturated heterocycles. The maximum atomic E-state index is 14.1. The molecule has 1 aliphatic carbocycles. The van der Waals surface area contributed by atoms with E-state index in [-0.39, 0.29) is 69.5 Å². The van der Waals surface area contributed by atoms with Gasteiger partial charge in [-0.3, -0.25) is 14.4 Å². The average molecular weight is 547 g/mol. The summed E-state index contributed by atoms with van der Waals surface area (Å²) in [6.07, 6.45) is 0.703. The van der Waals surface area contributed by atoms with Crippen LogP contribution in [0.4, 0.5) is 13.2 Å². The predicted octanol–water partition coefficient (Wildman–Crippen LogP) is 3.67. The van der Waals surface area contributed by atoms with Crippen molar-refractivity contribution in [2.45, 2.75) is 63.5 Å². The minimum absolute atomic E-state index is 0.0269. The summed E-state index contributed by atoms with van der Waals surface area (Å²) in [6, 6.07) is 11.5. The molecule has 2 fully saturated rings. The van der Waals surface area contributed by atoms with E-state index in [2.05, 4.69) is 10.6 Å². The lowest BCUT2D eigenvalue weighted by molar-refractivity contribution is -0.144. The maximum absolute atomic E-state index is 14.1. The van der Waals surface area contributed by atoms with Gasteiger partial charge in [0.15, 0.2) is 0 Å². The van der Waals surface area contributed by atoms with Crippen LogP contribution in [0.2, 0.25) is 0 Å². The van der Waals surface area contributed by atoms with E-state index in [0.29, 0.717) is 24.2 Å². The van der Waals surface area contributed by atoms with Crippen molar-refractivity contribution in [3.63, 3.8) is 0 Å². The molecule has 0 radical (unpaired) electrons. The van der Waals surface area contributed by atoms with Gasteiger partial charge in [0.2, 0.25) is 23.6 Å². The van der Waals surface area contributed by atoms with Crippen LogP contribution < -0.4 is 10.6 Å². The van der Waals surface area contributed by atoms with E-state index < -0.39 is 29.6 Å². The highest BCUT2D eigenvalue weighted by Gasteiger charge is 2.44. The van der Waals surface area contributed by atoms with Crippen LogP contribution >= 0.6 is 0 Å². The molecule has 3 amide bonds. The van der Waals surface area contributed by atoms with Gasteiger partial charge in [-0.05, 0) is 60.6 Å². The topological polar surface area (TPSA) is 101 Å². The number of rotatable bonds is 10. The maximum Gasteiger partial charge on any atom is 0.253 e. The Morgan fingerprint density at radius 3 is 2.38 bits per heavy atom. The van der Waals surface area contributed by atoms with E-state index >= 15 is 0 Å². The molecule has 2 aromatic rings. The summed E-state index contributed by atoms with van der Waals surface area (Å²) in [6.45, 7) is 0.333. The first-order valence-corrected chi connectivity index (χ1v) is 13.4. The minimum Gasteiger partial charge on any atom is -0.593 e. The Labute approximate surface area is 225 Å². The van der Waals surface area contributed by atoms with Crippen molar-refractivity contribution < 1.29 is 32.7 Å². The van der Waals surface area contributed by atoms with Crippen molar-refractivity contribution in [1.82, 2.24) is 15.5 Å². The van der Waals surface area contributed by atoms with Crippen LogP contribution in [0.25, 0.3) is 0 Å². The lowest BCUT2D eigenvalue weighted by atomic mass is 9.88. The number of piperidine rings is 1. The summed E-state index contributed by atoms with van der Waals surface area (Å²) >= 11 is 0. The van der Waals surface area contributed by atoms with E-state index in [0.717, 1.165) is 5.56 Å². The summed E-state index contributed by atoms with van der Waals surface area (Å²) in [5.74, 6) is -4.56. The van der Waals surface area contributed by atoms with Gasteiger partial charge in [0.05, 0.1) is 0 Å². The van der Waals surface area contributed by atoms with Gasteiger partial charge in [-0.25, -0.2) is 13.2 Å². The number of aryl methyl sites for hydroxylation is 1. The lowest BCUT2D eigenvalue weighted by Gasteiger charge is -2.39. The van der Waals surface area contributed by atoms with E-state index in [1.807, 2.05) is 0 Å². The highest BCUT2D eigenvalue weighted by molar-refractivity contribution is 5.88. The van der Waals surface area contributed by atoms with E-state index in [1.165, 1.54) is 17.0 Å². The average Bonchev–Trinajstić information content (AvgIpc) is 3.26. The van der Waals surface area contributed by atoms with Gasteiger partial charge in [-0.1, -0.05) is 12.1 Å². The van der Waals surface area contributed by atoms with Crippen molar-refractivity contribution in [3.8, 4) is 5.75 Å². The molecule has 7 nitrogen and oxygen atoms in total. The van der Waals surface area contributed by atoms with Gasteiger partial charge in [-0.2, -0.15) is 0 Å². The molecule has 2 aliphatic rings. The van der Waals surface area contributed by atoms with Crippen LogP contribution in [0.1, 0.15) is 49.7 Å². The molecule has 4 N–H and O–H groups in total. The highest BCUT2D eigenvalue weighted by Crippen LogP contribution is 2.40. The third kappa shape index (κ3) is 7.97. The first-order chi connectivity index (χ1) is 18.6. The van der Waals surface area contributed by atoms with Gasteiger partial charge in [0.25, 0.3) is 5.75 Å². The molecular formula is C29H35F3N3O4+. The number of halogens is 3. The largest absolute Gasteiger partial charge is 0.593 e. The van der Waals surface area contributed by atoms with Crippen LogP contribution in [0, 0.1) is 17.7 Å². The third-order valence-electron chi connectivity index (χ3n) is 7.60. The summed E-state index contributed by atoms with van der Waals surface area (Å²) in [7, 11) is 0. The fourth-order valence-electron chi connectivity index (χ4n) is 5.44. The molecule has 1 heterocycles. The molecule has 4 rings (SSSR count). The fraction of sp³-hybridized carbons (Fsp3) is 0.483. The minimum atomic E-state index is -2.80. The van der Waals surface area contributed by atoms with Gasteiger partial charge in [0.1, 0.15) is 11.9 Å². The first kappa shape index (κ1) is 28.4. The number of alkyl halides is 2. The molecule has 0 spiro atoms. The van der Waals surface area contributed by atoms with Gasteiger partial charge >= 0.3 is 0 Å². The molecule has 1 aliphatic heterocycles. The Bertz CT molecular complexity index is 1150. The Balaban J connectivity index is 1.56. The Morgan fingerprint density at radius 2 is 1.77 bits per heavy atom. The molecule has 3 unspecified atom stereocenters. The van der Waals surface area contributed by atoms with Gasteiger partial charge in [0, 0.05) is 63.4 Å². The van der Waals surface area contributed by atoms with Crippen molar-refractivity contribution in [2.24, 2.45) is 11.8 Å². The van der Waals surface area contributed by atoms with Crippen LogP contribution in [0.3, 0.4) is 0 Å². The Hall–Kier alpha value is -3.56. The van der Waals surface area contributed by atoms with Crippen LogP contribution in [0.5, 0.6) is 5.75 Å². The molecule has 210 valence electrons. The SMILES string of the molecule is O=C1CCC(C(C(=O)NCc2ccc(F)cc2)N(CC2CCC(F)(F)C2)C(=O)CCc2ccc([OH2+])cc2)CN1. The van der Waals surface area contributed by atoms with E-state index in [4.69, 9.17) is 5.11 Å². The normalized spacial score (nSPS) is 21.2. The van der Waals surface area contributed by atoms with Gasteiger partial charge in [-0.15, -0.1) is 0 Å². The van der Waals surface area contributed by atoms with Crippen molar-refractivity contribution in [2.75, 3.05) is 13.1 Å². The fourth-order valence-corrected chi connectivity index (χ4v) is 5.44. The second kappa shape index (κ2) is 12.5. The number of carbonyl (C=O) groups is 3. The highest BCUT2D eigenvalue weighted by atomic mass is 19.3. The zero-order chi connectivity index (χ0) is 28.0. The van der Waals surface area contributed by atoms with Crippen LogP contribution in [-0.2, 0) is 27.3 Å². The van der Waals surface area contributed by atoms with Crippen molar-refractivity contribution in [3.05, 3.63) is 65.5 Å². The molecule has 0 bridgehead atoms. The lowest BCUT2D eigenvalue weighted by Crippen LogP contribution is -2.57. The summed E-state index contributed by atoms with van der Waals surface area (Å²) in [5.41, 5.74) is 1.53. The number of benzene rings is 2. The smallest absolute Gasteiger partial charge is 0.253 e. The summed E-state index contributed by atoms with van der Waals surface area (Å²) in [5, 5.41) is 13.3. The molecular weight excluding hydrogens is 511 g/mol. The molecule has 10 heteroatoms. The van der Waals surface area contributed by atoms with Crippen LogP contribution in [0.15, 0.2) is 48.5 Å². The number of hydrogen-bond acceptors (Lipinski definition) is 3. The monoisotopic (exact) mass is 546 g/mol. The second-order valence-electron chi connectivity index (χ2n) is 10.6. The quantitative estimate of drug-likeness (QED) is 0.445. The summed E-state index contributed by atoms with van der Waals surface area (Å²) < 4.78 is 41.5. The molecule has 1 saturated carbocycles. The molecule has 3 atom stereocenters. The standard InChI is InChI=1S/C29H34F3N3O4/c30-23-7-1-20(2-8-23)16-34-28(39)27(22-6-11-25(37)33-17-22)35(18-21-13-14-29(31,32)15-21)26(38)12-5-19-3-9-24(36)10-4-19/h1-4,7-10,21-22,27,36H,5-6,11-18H2,(H,33,37)(H,34,39)/p+1. The molecule has 39 heavy (non-hydrogen) atoms. The Kier molecular flexibility index (Phi) is 9.14. The first-order valence-electron chi connectivity index (χ1n) is 13.4. The third-order valence-corrected chi connectivity index (χ3v) is 7.60. The number of nitrogens with one attached hydrogen (secondary N) is 2. The zero-order valence-corrected chi connectivity index (χ0v) is 21.7. The molecule has 2 aromatic carbocycles. The summed E-state index contributed by atoms with van der Waals surface area (Å²) in [4.78, 5) is 40.7. The Morgan fingerprint density at radius 1 is 1.08 bits per heavy atom. The van der Waals surface area contributed by atoms with Crippen LogP contribution in [-0.4, -0.2) is 52.8 Å². The number of hydrogen-bond donors (Lipinski definition) is 2. The van der Waals surface area contributed by atoms with E-state index in [1.54, 1.807) is 36.4 Å². The number of nitrogens with zero attached hydrogens (tertiary/aromatic N) is 1. The molecule has 0 aromatic heterocycles. The zero-order valence-electron chi connectivity index (χ0n) is 21.7. The van der Waals surface area contributed by atoms with Crippen molar-refractivity contribution >= 4 is 17.7 Å². The van der Waals surface area contributed by atoms with Gasteiger partial charge < -0.3 is 20.6 Å². The second-order valence-corrected chi connectivity index (χ2v) is 10.6. The van der Waals surface area contributed by atoms with E-state index in [9.17, 15) is 27.6 Å². The predicted molar refractivity (Wildman–Crippen MR) is 140 cm³/mol.